The van der Waals surface area contributed by atoms with Crippen molar-refractivity contribution in [2.24, 2.45) is 0 Å². The van der Waals surface area contributed by atoms with E-state index in [1.165, 1.54) is 169 Å². The van der Waals surface area contributed by atoms with Crippen LogP contribution < -0.4 is 0 Å². The molecule has 7 heteroatoms. The van der Waals surface area contributed by atoms with Crippen molar-refractivity contribution in [1.82, 2.24) is 34.9 Å². The molecule has 0 amide bonds. The van der Waals surface area contributed by atoms with Crippen molar-refractivity contribution in [1.29, 1.82) is 0 Å². The van der Waals surface area contributed by atoms with E-state index in [2.05, 4.69) is 432 Å². The highest BCUT2D eigenvalue weighted by Gasteiger charge is 2.22. The number of pyridine rings is 4. The molecule has 27 aromatic rings. The van der Waals surface area contributed by atoms with E-state index in [1.807, 2.05) is 128 Å². The Hall–Kier alpha value is -19.2. The number of rotatable bonds is 15. The van der Waals surface area contributed by atoms with Gasteiger partial charge in [-0.15, -0.1) is 0 Å². The minimum atomic E-state index is 0.649. The molecule has 0 aliphatic carbocycles. The number of hydrogen-bond acceptors (Lipinski definition) is 7. The van der Waals surface area contributed by atoms with E-state index in [4.69, 9.17) is 15.0 Å². The molecule has 0 bridgehead atoms. The van der Waals surface area contributed by atoms with Gasteiger partial charge in [-0.3, -0.25) is 19.9 Å². The monoisotopic (exact) mass is 1830 g/mol. The topological polar surface area (TPSA) is 90.2 Å². The first kappa shape index (κ1) is 86.4. The molecule has 0 aliphatic rings. The van der Waals surface area contributed by atoms with Gasteiger partial charge in [0.2, 0.25) is 0 Å². The number of nitrogens with zero attached hydrogens (tertiary/aromatic N) is 7. The van der Waals surface area contributed by atoms with Crippen LogP contribution in [0.3, 0.4) is 0 Å². The van der Waals surface area contributed by atoms with E-state index in [0.717, 1.165) is 77.9 Å². The predicted molar refractivity (Wildman–Crippen MR) is 603 cm³/mol. The predicted octanol–water partition coefficient (Wildman–Crippen LogP) is 36.2. The summed E-state index contributed by atoms with van der Waals surface area (Å²) in [6, 6.07) is 176. The van der Waals surface area contributed by atoms with Crippen LogP contribution in [-0.2, 0) is 0 Å². The van der Waals surface area contributed by atoms with E-state index in [1.54, 1.807) is 0 Å². The molecule has 0 fully saturated rings. The average molecular weight is 1830 g/mol. The molecule has 0 saturated carbocycles. The third-order valence-corrected chi connectivity index (χ3v) is 28.0. The van der Waals surface area contributed by atoms with Gasteiger partial charge in [0.15, 0.2) is 17.5 Å². The first-order valence-corrected chi connectivity index (χ1v) is 48.8. The number of fused-ring (bicyclic) bond motifs is 18. The zero-order chi connectivity index (χ0) is 95.6. The van der Waals surface area contributed by atoms with E-state index >= 15 is 0 Å². The van der Waals surface area contributed by atoms with Gasteiger partial charge in [-0.2, -0.15) is 0 Å². The van der Waals surface area contributed by atoms with Crippen LogP contribution in [0.4, 0.5) is 0 Å². The zero-order valence-electron chi connectivity index (χ0n) is 78.5. The van der Waals surface area contributed by atoms with Gasteiger partial charge in [-0.1, -0.05) is 400 Å². The Labute approximate surface area is 834 Å². The van der Waals surface area contributed by atoms with Crippen molar-refractivity contribution >= 4 is 97.0 Å². The lowest BCUT2D eigenvalue weighted by molar-refractivity contribution is 1.07. The van der Waals surface area contributed by atoms with Gasteiger partial charge in [0.05, 0.1) is 0 Å². The van der Waals surface area contributed by atoms with Crippen molar-refractivity contribution < 1.29 is 0 Å². The fourth-order valence-corrected chi connectivity index (χ4v) is 21.0. The third-order valence-electron chi connectivity index (χ3n) is 28.0. The summed E-state index contributed by atoms with van der Waals surface area (Å²) in [7, 11) is 0. The van der Waals surface area contributed by atoms with Gasteiger partial charge in [0, 0.05) is 77.4 Å². The highest BCUT2D eigenvalue weighted by Crippen LogP contribution is 2.47. The lowest BCUT2D eigenvalue weighted by Gasteiger charge is -2.15. The maximum atomic E-state index is 5.00. The lowest BCUT2D eigenvalue weighted by atomic mass is 9.89. The molecule has 22 aromatic carbocycles. The van der Waals surface area contributed by atoms with Crippen LogP contribution in [-0.4, -0.2) is 34.9 Å². The molecule has 672 valence electrons. The Morgan fingerprint density at radius 2 is 0.306 bits per heavy atom. The molecular formula is C137H89N7. The minimum absolute atomic E-state index is 0.649. The maximum Gasteiger partial charge on any atom is 0.164 e. The Morgan fingerprint density at radius 3 is 0.597 bits per heavy atom. The van der Waals surface area contributed by atoms with Crippen molar-refractivity contribution in [3.05, 3.63) is 541 Å². The van der Waals surface area contributed by atoms with Gasteiger partial charge in [0.1, 0.15) is 0 Å². The van der Waals surface area contributed by atoms with Crippen LogP contribution in [0.1, 0.15) is 0 Å². The van der Waals surface area contributed by atoms with Gasteiger partial charge in [-0.25, -0.2) is 15.0 Å². The Balaban J connectivity index is 0.000000113. The largest absolute Gasteiger partial charge is 0.265 e. The highest BCUT2D eigenvalue weighted by atomic mass is 15.0. The Bertz CT molecular complexity index is 8370. The Morgan fingerprint density at radius 1 is 0.0972 bits per heavy atom. The van der Waals surface area contributed by atoms with E-state index in [-0.39, 0.29) is 0 Å². The van der Waals surface area contributed by atoms with Crippen LogP contribution in [0.2, 0.25) is 0 Å². The summed E-state index contributed by atoms with van der Waals surface area (Å²) in [5, 5.41) is 23.2. The molecule has 0 saturated heterocycles. The van der Waals surface area contributed by atoms with E-state index in [0.29, 0.717) is 17.5 Å². The molecule has 0 atom stereocenters. The number of aromatic nitrogens is 7. The van der Waals surface area contributed by atoms with Crippen LogP contribution in [0.25, 0.3) is 265 Å². The lowest BCUT2D eigenvalue weighted by Crippen LogP contribution is -2.01. The van der Waals surface area contributed by atoms with Gasteiger partial charge in [-0.05, 0) is 310 Å². The van der Waals surface area contributed by atoms with Crippen LogP contribution in [0, 0.1) is 0 Å². The summed E-state index contributed by atoms with van der Waals surface area (Å²) in [6.07, 6.45) is 14.9. The van der Waals surface area contributed by atoms with Gasteiger partial charge >= 0.3 is 0 Å². The molecular weight excluding hydrogens is 1740 g/mol. The molecule has 27 rings (SSSR count). The van der Waals surface area contributed by atoms with E-state index < -0.39 is 0 Å². The minimum Gasteiger partial charge on any atom is -0.265 e. The second-order valence-electron chi connectivity index (χ2n) is 36.5. The summed E-state index contributed by atoms with van der Waals surface area (Å²) in [6.45, 7) is 0. The summed E-state index contributed by atoms with van der Waals surface area (Å²) in [5.41, 5.74) is 30.7. The van der Waals surface area contributed by atoms with Crippen molar-refractivity contribution in [3.63, 3.8) is 0 Å². The quantitative estimate of drug-likeness (QED) is 0.0945. The molecule has 0 unspecified atom stereocenters. The van der Waals surface area contributed by atoms with Gasteiger partial charge in [0.25, 0.3) is 0 Å². The normalized spacial score (nSPS) is 11.3. The summed E-state index contributed by atoms with van der Waals surface area (Å²) < 4.78 is 0. The molecule has 7 nitrogen and oxygen atoms in total. The number of benzene rings is 22. The fraction of sp³-hybridized carbons (Fsp3) is 0. The second kappa shape index (κ2) is 38.3. The van der Waals surface area contributed by atoms with Crippen LogP contribution in [0.5, 0.6) is 0 Å². The standard InChI is InChI=1S/2C46H30N2.C45H29N3/c1-2-12-40(38-26-36(34-9-7-23-47-29-34)25-37(27-38)35-10-8-24-48-30-35)39(11-1)32-19-17-31(18-20-32)33-21-22-45-43-15-4-3-13-41(43)42-14-5-6-16-44(42)46(45)28-33;1-2-8-40(38-28-36(32-19-23-47-24-20-32)27-37(29-38)33-21-25-48-26-22-33)39(7-1)34-15-13-31(14-16-34)35-17-18-45-43-11-4-3-9-41(43)42-10-5-6-12-44(42)46(45)30-35;1-3-13-32(14-4-1)43-46-44(33-15-5-2-6-16-33)48-45(47-43)41-22-12-7-17-35(41)31-25-23-30(24-26-31)34-27-28-40-38-20-9-8-18-36(38)37-19-10-11-21-39(37)42(40)29-34/h2*1-30H;1-29H. The average Bonchev–Trinajstić information content (AvgIpc) is 0.746. The summed E-state index contributed by atoms with van der Waals surface area (Å²) in [5.74, 6) is 1.96. The van der Waals surface area contributed by atoms with Crippen LogP contribution >= 0.6 is 0 Å². The molecule has 0 spiro atoms. The third kappa shape index (κ3) is 16.8. The molecule has 144 heavy (non-hydrogen) atoms. The summed E-state index contributed by atoms with van der Waals surface area (Å²) >= 11 is 0. The molecule has 0 N–H and O–H groups in total. The smallest absolute Gasteiger partial charge is 0.164 e. The molecule has 0 radical (unpaired) electrons. The first-order chi connectivity index (χ1) is 71.4. The Kier molecular flexibility index (Phi) is 23.0. The second-order valence-corrected chi connectivity index (χ2v) is 36.5. The SMILES string of the molecule is c1ccc(-c2cc(-c3ccncc3)cc(-c3ccncc3)c2)c(-c2ccc(-c3ccc4c5ccccc5c5ccccc5c4c3)cc2)c1.c1ccc(-c2nc(-c3ccccc3)nc(-c3ccccc3-c3ccc(-c4ccc5c6ccccc6c6ccccc6c5c4)cc3)n2)cc1.c1cncc(-c2cc(-c3cccnc3)cc(-c3ccccc3-c3ccc(-c4ccc5c6ccccc6c6ccccc6c5c4)cc3)c2)c1. The highest BCUT2D eigenvalue weighted by molar-refractivity contribution is 6.28. The van der Waals surface area contributed by atoms with Crippen molar-refractivity contribution in [2.45, 2.75) is 0 Å². The maximum absolute atomic E-state index is 5.00. The summed E-state index contributed by atoms with van der Waals surface area (Å²) in [4.78, 5) is 32.2. The molecule has 5 heterocycles. The fourth-order valence-electron chi connectivity index (χ4n) is 21.0. The van der Waals surface area contributed by atoms with Crippen LogP contribution in [0.15, 0.2) is 541 Å². The zero-order valence-corrected chi connectivity index (χ0v) is 78.5. The molecule has 0 aliphatic heterocycles. The van der Waals surface area contributed by atoms with E-state index in [9.17, 15) is 0 Å². The van der Waals surface area contributed by atoms with Crippen molar-refractivity contribution in [3.8, 4) is 168 Å². The van der Waals surface area contributed by atoms with Crippen molar-refractivity contribution in [2.75, 3.05) is 0 Å². The first-order valence-electron chi connectivity index (χ1n) is 48.8. The van der Waals surface area contributed by atoms with Gasteiger partial charge < -0.3 is 0 Å². The number of hydrogen-bond donors (Lipinski definition) is 0. The molecule has 5 aromatic heterocycles.